The van der Waals surface area contributed by atoms with Crippen molar-refractivity contribution in [3.8, 4) is 5.75 Å². The number of fused-ring (bicyclic) bond motifs is 1. The second-order valence-electron chi connectivity index (χ2n) is 6.25. The van der Waals surface area contributed by atoms with Crippen LogP contribution in [0.4, 0.5) is 0 Å². The van der Waals surface area contributed by atoms with Crippen LogP contribution in [0.3, 0.4) is 0 Å². The van der Waals surface area contributed by atoms with Crippen LogP contribution < -0.4 is 10.1 Å². The molecule has 6 heteroatoms. The third-order valence-electron chi connectivity index (χ3n) is 3.92. The zero-order valence-electron chi connectivity index (χ0n) is 15.6. The molecule has 1 heterocycles. The molecule has 3 aromatic rings. The van der Waals surface area contributed by atoms with Gasteiger partial charge in [-0.25, -0.2) is 9.97 Å². The topological polar surface area (TPSA) is 64.1 Å². The molecule has 1 aromatic heterocycles. The molecule has 1 amide bonds. The maximum Gasteiger partial charge on any atom is 0.230 e. The summed E-state index contributed by atoms with van der Waals surface area (Å²) in [4.78, 5) is 21.0. The highest BCUT2D eigenvalue weighted by Gasteiger charge is 2.09. The highest BCUT2D eigenvalue weighted by atomic mass is 32.2. The Morgan fingerprint density at radius 1 is 1.11 bits per heavy atom. The number of hydrogen-bond acceptors (Lipinski definition) is 5. The van der Waals surface area contributed by atoms with Gasteiger partial charge < -0.3 is 10.1 Å². The lowest BCUT2D eigenvalue weighted by Gasteiger charge is -2.09. The van der Waals surface area contributed by atoms with Crippen molar-refractivity contribution in [1.82, 2.24) is 15.3 Å². The largest absolute Gasteiger partial charge is 0.494 e. The lowest BCUT2D eigenvalue weighted by Crippen LogP contribution is -2.27. The van der Waals surface area contributed by atoms with Crippen LogP contribution in [-0.4, -0.2) is 34.8 Å². The highest BCUT2D eigenvalue weighted by molar-refractivity contribution is 8.00. The minimum Gasteiger partial charge on any atom is -0.494 e. The number of rotatable bonds is 8. The molecular weight excluding hydrogens is 358 g/mol. The number of amides is 1. The Hall–Kier alpha value is -2.60. The number of nitrogens with one attached hydrogen (secondary N) is 1. The number of carbonyl (C=O) groups is 1. The number of nitrogens with zero attached hydrogens (tertiary/aromatic N) is 2. The molecule has 0 aliphatic carbocycles. The van der Waals surface area contributed by atoms with Gasteiger partial charge in [0.25, 0.3) is 0 Å². The van der Waals surface area contributed by atoms with Crippen molar-refractivity contribution in [2.45, 2.75) is 25.3 Å². The van der Waals surface area contributed by atoms with E-state index in [1.807, 2.05) is 62.4 Å². The molecule has 0 saturated carbocycles. The summed E-state index contributed by atoms with van der Waals surface area (Å²) in [6.45, 7) is 5.07. The highest BCUT2D eigenvalue weighted by Crippen LogP contribution is 2.24. The van der Waals surface area contributed by atoms with Gasteiger partial charge in [0.2, 0.25) is 5.91 Å². The summed E-state index contributed by atoms with van der Waals surface area (Å²) in [5.41, 5.74) is 2.08. The van der Waals surface area contributed by atoms with Gasteiger partial charge in [0, 0.05) is 11.9 Å². The van der Waals surface area contributed by atoms with Crippen molar-refractivity contribution in [2.75, 3.05) is 18.9 Å². The first kappa shape index (κ1) is 19.2. The van der Waals surface area contributed by atoms with Gasteiger partial charge in [-0.15, -0.1) is 0 Å². The molecule has 140 valence electrons. The Balaban J connectivity index is 1.41. The first-order valence-electron chi connectivity index (χ1n) is 8.94. The quantitative estimate of drug-likeness (QED) is 0.364. The van der Waals surface area contributed by atoms with Crippen molar-refractivity contribution in [2.24, 2.45) is 0 Å². The van der Waals surface area contributed by atoms with E-state index in [0.29, 0.717) is 24.7 Å². The Morgan fingerprint density at radius 2 is 1.96 bits per heavy atom. The van der Waals surface area contributed by atoms with Crippen molar-refractivity contribution in [3.63, 3.8) is 0 Å². The maximum atomic E-state index is 12.1. The lowest BCUT2D eigenvalue weighted by molar-refractivity contribution is -0.118. The van der Waals surface area contributed by atoms with Gasteiger partial charge in [-0.05, 0) is 44.0 Å². The smallest absolute Gasteiger partial charge is 0.230 e. The third kappa shape index (κ3) is 5.69. The summed E-state index contributed by atoms with van der Waals surface area (Å²) in [6.07, 6.45) is 0.764. The minimum absolute atomic E-state index is 0.00379. The van der Waals surface area contributed by atoms with E-state index in [9.17, 15) is 4.79 Å². The van der Waals surface area contributed by atoms with Crippen molar-refractivity contribution in [3.05, 3.63) is 59.9 Å². The second kappa shape index (κ2) is 9.37. The van der Waals surface area contributed by atoms with E-state index in [1.54, 1.807) is 0 Å². The van der Waals surface area contributed by atoms with Gasteiger partial charge in [0.1, 0.15) is 16.6 Å². The fourth-order valence-corrected chi connectivity index (χ4v) is 3.54. The zero-order chi connectivity index (χ0) is 19.1. The molecule has 0 aliphatic heterocycles. The summed E-state index contributed by atoms with van der Waals surface area (Å²) in [6, 6.07) is 15.8. The lowest BCUT2D eigenvalue weighted by atomic mass is 10.2. The number of carbonyl (C=O) groups excluding carboxylic acids is 1. The molecule has 27 heavy (non-hydrogen) atoms. The Kier molecular flexibility index (Phi) is 6.65. The van der Waals surface area contributed by atoms with Crippen LogP contribution in [0.1, 0.15) is 17.8 Å². The van der Waals surface area contributed by atoms with E-state index in [2.05, 4.69) is 15.3 Å². The number of aromatic nitrogens is 2. The van der Waals surface area contributed by atoms with Gasteiger partial charge in [-0.2, -0.15) is 0 Å². The van der Waals surface area contributed by atoms with Gasteiger partial charge in [-0.1, -0.05) is 42.1 Å². The van der Waals surface area contributed by atoms with E-state index in [-0.39, 0.29) is 5.91 Å². The molecular formula is C21H23N3O2S. The van der Waals surface area contributed by atoms with Crippen LogP contribution in [-0.2, 0) is 4.79 Å². The van der Waals surface area contributed by atoms with E-state index < -0.39 is 0 Å². The van der Waals surface area contributed by atoms with Crippen LogP contribution in [0, 0.1) is 13.8 Å². The van der Waals surface area contributed by atoms with E-state index in [0.717, 1.165) is 28.1 Å². The second-order valence-corrected chi connectivity index (χ2v) is 7.21. The Bertz CT molecular complexity index is 930. The molecule has 2 aromatic carbocycles. The summed E-state index contributed by atoms with van der Waals surface area (Å²) >= 11 is 1.44. The maximum absolute atomic E-state index is 12.1. The summed E-state index contributed by atoms with van der Waals surface area (Å²) in [7, 11) is 0. The predicted molar refractivity (Wildman–Crippen MR) is 109 cm³/mol. The molecule has 5 nitrogen and oxygen atoms in total. The molecule has 0 bridgehead atoms. The number of para-hydroxylation sites is 1. The Labute approximate surface area is 163 Å². The van der Waals surface area contributed by atoms with Crippen molar-refractivity contribution in [1.29, 1.82) is 0 Å². The minimum atomic E-state index is -0.00379. The number of thioether (sulfide) groups is 1. The number of hydrogen-bond donors (Lipinski definition) is 1. The summed E-state index contributed by atoms with van der Waals surface area (Å²) in [5, 5.41) is 4.75. The van der Waals surface area contributed by atoms with Gasteiger partial charge >= 0.3 is 0 Å². The van der Waals surface area contributed by atoms with Gasteiger partial charge in [-0.3, -0.25) is 4.79 Å². The first-order chi connectivity index (χ1) is 13.1. The van der Waals surface area contributed by atoms with Crippen molar-refractivity contribution < 1.29 is 9.53 Å². The first-order valence-corrected chi connectivity index (χ1v) is 9.93. The van der Waals surface area contributed by atoms with Crippen LogP contribution >= 0.6 is 11.8 Å². The molecule has 0 unspecified atom stereocenters. The Morgan fingerprint density at radius 3 is 2.81 bits per heavy atom. The predicted octanol–water partition coefficient (Wildman–Crippen LogP) is 3.92. The fourth-order valence-electron chi connectivity index (χ4n) is 2.65. The normalized spacial score (nSPS) is 10.7. The standard InChI is InChI=1S/C21H23N3O2S/c1-15-7-5-8-17(13-15)26-12-6-11-22-20(25)14-27-21-18-9-3-4-10-19(18)23-16(2)24-21/h3-5,7-10,13H,6,11-12,14H2,1-2H3,(H,22,25). The van der Waals surface area contributed by atoms with Crippen LogP contribution in [0.15, 0.2) is 53.6 Å². The molecule has 3 rings (SSSR count). The monoisotopic (exact) mass is 381 g/mol. The van der Waals surface area contributed by atoms with Crippen molar-refractivity contribution >= 4 is 28.6 Å². The zero-order valence-corrected chi connectivity index (χ0v) is 16.4. The molecule has 0 aliphatic rings. The van der Waals surface area contributed by atoms with Crippen LogP contribution in [0.25, 0.3) is 10.9 Å². The van der Waals surface area contributed by atoms with E-state index >= 15 is 0 Å². The summed E-state index contributed by atoms with van der Waals surface area (Å²) < 4.78 is 5.69. The third-order valence-corrected chi connectivity index (χ3v) is 4.91. The number of ether oxygens (including phenoxy) is 1. The number of aryl methyl sites for hydroxylation is 2. The van der Waals surface area contributed by atoms with Crippen LogP contribution in [0.5, 0.6) is 5.75 Å². The molecule has 0 atom stereocenters. The molecule has 0 spiro atoms. The molecule has 1 N–H and O–H groups in total. The summed E-state index contributed by atoms with van der Waals surface area (Å²) in [5.74, 6) is 1.91. The van der Waals surface area contributed by atoms with Crippen LogP contribution in [0.2, 0.25) is 0 Å². The van der Waals surface area contributed by atoms with E-state index in [4.69, 9.17) is 4.74 Å². The van der Waals surface area contributed by atoms with Gasteiger partial charge in [0.05, 0.1) is 17.9 Å². The molecule has 0 fully saturated rings. The fraction of sp³-hybridized carbons (Fsp3) is 0.286. The van der Waals surface area contributed by atoms with Gasteiger partial charge in [0.15, 0.2) is 0 Å². The average molecular weight is 382 g/mol. The van der Waals surface area contributed by atoms with E-state index in [1.165, 1.54) is 17.3 Å². The SMILES string of the molecule is Cc1cccc(OCCCNC(=O)CSc2nc(C)nc3ccccc23)c1. The molecule has 0 radical (unpaired) electrons. The number of benzene rings is 2. The molecule has 0 saturated heterocycles. The average Bonchev–Trinajstić information content (AvgIpc) is 2.65.